The third-order valence-electron chi connectivity index (χ3n) is 1.71. The van der Waals surface area contributed by atoms with Crippen LogP contribution in [0.4, 0.5) is 4.39 Å². The summed E-state index contributed by atoms with van der Waals surface area (Å²) >= 11 is 1.18. The van der Waals surface area contributed by atoms with E-state index in [0.717, 1.165) is 0 Å². The van der Waals surface area contributed by atoms with Crippen LogP contribution in [0, 0.1) is 0 Å². The molecule has 0 aromatic carbocycles. The molecule has 2 heterocycles. The quantitative estimate of drug-likeness (QED) is 0.735. The Bertz CT molecular complexity index is 553. The van der Waals surface area contributed by atoms with Crippen molar-refractivity contribution in [3.05, 3.63) is 32.3 Å². The summed E-state index contributed by atoms with van der Waals surface area (Å²) in [5.41, 5.74) is -0.820. The third-order valence-corrected chi connectivity index (χ3v) is 2.61. The second kappa shape index (κ2) is 2.81. The smallest absolute Gasteiger partial charge is 0.306 e. The normalized spacial score (nSPS) is 10.8. The maximum absolute atomic E-state index is 12.2. The first-order valence-electron chi connectivity index (χ1n) is 3.50. The molecule has 4 nitrogen and oxygen atoms in total. The first-order valence-corrected chi connectivity index (χ1v) is 4.38. The van der Waals surface area contributed by atoms with E-state index in [4.69, 9.17) is 0 Å². The SMILES string of the molecule is O=c1[nH]c2ccsc2c(=O)n1CF. The highest BCUT2D eigenvalue weighted by Gasteiger charge is 2.06. The molecule has 0 saturated carbocycles. The highest BCUT2D eigenvalue weighted by Crippen LogP contribution is 2.11. The number of aromatic nitrogens is 2. The van der Waals surface area contributed by atoms with Crippen LogP contribution in [-0.2, 0) is 6.80 Å². The molecule has 0 spiro atoms. The zero-order chi connectivity index (χ0) is 9.42. The third kappa shape index (κ3) is 1.10. The Morgan fingerprint density at radius 2 is 2.31 bits per heavy atom. The number of fused-ring (bicyclic) bond motifs is 1. The Balaban J connectivity index is 3.02. The van der Waals surface area contributed by atoms with Crippen LogP contribution in [0.5, 0.6) is 0 Å². The number of thiophene rings is 1. The molecule has 0 aliphatic rings. The molecule has 0 atom stereocenters. The summed E-state index contributed by atoms with van der Waals surface area (Å²) in [6.45, 7) is -1.10. The van der Waals surface area contributed by atoms with Crippen LogP contribution in [0.3, 0.4) is 0 Å². The van der Waals surface area contributed by atoms with Crippen LogP contribution >= 0.6 is 11.3 Å². The van der Waals surface area contributed by atoms with Gasteiger partial charge in [0.2, 0.25) is 0 Å². The highest BCUT2D eigenvalue weighted by atomic mass is 32.1. The second-order valence-corrected chi connectivity index (χ2v) is 3.36. The summed E-state index contributed by atoms with van der Waals surface area (Å²) in [6, 6.07) is 1.62. The number of alkyl halides is 1. The minimum absolute atomic E-state index is 0.372. The van der Waals surface area contributed by atoms with Crippen LogP contribution in [0.1, 0.15) is 0 Å². The van der Waals surface area contributed by atoms with Crippen LogP contribution < -0.4 is 11.2 Å². The summed E-state index contributed by atoms with van der Waals surface area (Å²) in [6.07, 6.45) is 0. The van der Waals surface area contributed by atoms with E-state index in [1.165, 1.54) is 11.3 Å². The molecule has 1 N–H and O–H groups in total. The van der Waals surface area contributed by atoms with E-state index < -0.39 is 18.0 Å². The monoisotopic (exact) mass is 200 g/mol. The van der Waals surface area contributed by atoms with E-state index in [0.29, 0.717) is 14.8 Å². The van der Waals surface area contributed by atoms with Gasteiger partial charge in [-0.2, -0.15) is 0 Å². The standard InChI is InChI=1S/C7H5FN2O2S/c8-3-10-6(11)5-4(1-2-13-5)9-7(10)12/h1-2H,3H2,(H,9,12). The Kier molecular flexibility index (Phi) is 1.77. The molecule has 0 aliphatic carbocycles. The van der Waals surface area contributed by atoms with Crippen molar-refractivity contribution >= 4 is 21.6 Å². The number of nitrogens with zero attached hydrogens (tertiary/aromatic N) is 1. The Morgan fingerprint density at radius 1 is 1.54 bits per heavy atom. The lowest BCUT2D eigenvalue weighted by Crippen LogP contribution is -2.33. The minimum Gasteiger partial charge on any atom is -0.306 e. The van der Waals surface area contributed by atoms with Gasteiger partial charge in [0, 0.05) is 0 Å². The van der Waals surface area contributed by atoms with Crippen LogP contribution in [-0.4, -0.2) is 9.55 Å². The van der Waals surface area contributed by atoms with Gasteiger partial charge in [-0.15, -0.1) is 11.3 Å². The zero-order valence-electron chi connectivity index (χ0n) is 6.41. The van der Waals surface area contributed by atoms with E-state index in [1.54, 1.807) is 11.4 Å². The Labute approximate surface area is 75.3 Å². The molecule has 2 aromatic rings. The van der Waals surface area contributed by atoms with Gasteiger partial charge in [0.1, 0.15) is 4.70 Å². The summed E-state index contributed by atoms with van der Waals surface area (Å²) in [5.74, 6) is 0. The number of hydrogen-bond donors (Lipinski definition) is 1. The number of nitrogens with one attached hydrogen (secondary N) is 1. The van der Waals surface area contributed by atoms with Crippen molar-refractivity contribution in [3.8, 4) is 0 Å². The Hall–Kier alpha value is -1.43. The number of hydrogen-bond acceptors (Lipinski definition) is 3. The van der Waals surface area contributed by atoms with Crippen molar-refractivity contribution < 1.29 is 4.39 Å². The van der Waals surface area contributed by atoms with Crippen molar-refractivity contribution in [1.82, 2.24) is 9.55 Å². The van der Waals surface area contributed by atoms with E-state index in [9.17, 15) is 14.0 Å². The van der Waals surface area contributed by atoms with Crippen LogP contribution in [0.2, 0.25) is 0 Å². The van der Waals surface area contributed by atoms with Gasteiger partial charge in [0.15, 0.2) is 6.80 Å². The average molecular weight is 200 g/mol. The average Bonchev–Trinajstić information content (AvgIpc) is 2.53. The predicted octanol–water partition coefficient (Wildman–Crippen LogP) is 0.678. The van der Waals surface area contributed by atoms with Crippen LogP contribution in [0.25, 0.3) is 10.2 Å². The molecule has 6 heteroatoms. The molecule has 0 saturated heterocycles. The fraction of sp³-hybridized carbons (Fsp3) is 0.143. The first kappa shape index (κ1) is 8.18. The molecule has 0 fully saturated rings. The van der Waals surface area contributed by atoms with Crippen molar-refractivity contribution in [2.24, 2.45) is 0 Å². The van der Waals surface area contributed by atoms with Crippen LogP contribution in [0.15, 0.2) is 21.0 Å². The summed E-state index contributed by atoms with van der Waals surface area (Å²) in [4.78, 5) is 24.8. The van der Waals surface area contributed by atoms with Crippen molar-refractivity contribution in [3.63, 3.8) is 0 Å². The van der Waals surface area contributed by atoms with Gasteiger partial charge in [-0.1, -0.05) is 0 Å². The molecule has 13 heavy (non-hydrogen) atoms. The summed E-state index contributed by atoms with van der Waals surface area (Å²) in [7, 11) is 0. The number of halogens is 1. The summed E-state index contributed by atoms with van der Waals surface area (Å²) in [5, 5.41) is 1.67. The second-order valence-electron chi connectivity index (χ2n) is 2.45. The lowest BCUT2D eigenvalue weighted by molar-refractivity contribution is 0.359. The molecule has 0 aliphatic heterocycles. The molecule has 0 unspecified atom stereocenters. The molecular weight excluding hydrogens is 195 g/mol. The first-order chi connectivity index (χ1) is 6.24. The number of H-pyrrole nitrogens is 1. The van der Waals surface area contributed by atoms with Gasteiger partial charge in [-0.25, -0.2) is 13.8 Å². The lowest BCUT2D eigenvalue weighted by atomic mass is 10.5. The van der Waals surface area contributed by atoms with Gasteiger partial charge in [0.05, 0.1) is 5.52 Å². The van der Waals surface area contributed by atoms with Gasteiger partial charge >= 0.3 is 5.69 Å². The fourth-order valence-corrected chi connectivity index (χ4v) is 1.88. The number of rotatable bonds is 1. The van der Waals surface area contributed by atoms with E-state index >= 15 is 0 Å². The predicted molar refractivity (Wildman–Crippen MR) is 47.8 cm³/mol. The van der Waals surface area contributed by atoms with Gasteiger partial charge in [-0.3, -0.25) is 4.79 Å². The minimum atomic E-state index is -1.10. The molecular formula is C7H5FN2O2S. The largest absolute Gasteiger partial charge is 0.331 e. The van der Waals surface area contributed by atoms with Crippen molar-refractivity contribution in [1.29, 1.82) is 0 Å². The molecule has 0 radical (unpaired) electrons. The van der Waals surface area contributed by atoms with Crippen molar-refractivity contribution in [2.75, 3.05) is 0 Å². The highest BCUT2D eigenvalue weighted by molar-refractivity contribution is 7.17. The molecule has 0 amide bonds. The summed E-state index contributed by atoms with van der Waals surface area (Å²) < 4.78 is 13.1. The Morgan fingerprint density at radius 3 is 3.00 bits per heavy atom. The molecule has 2 rings (SSSR count). The number of aromatic amines is 1. The zero-order valence-corrected chi connectivity index (χ0v) is 7.23. The van der Waals surface area contributed by atoms with Gasteiger partial charge in [-0.05, 0) is 11.4 Å². The van der Waals surface area contributed by atoms with Gasteiger partial charge < -0.3 is 4.98 Å². The lowest BCUT2D eigenvalue weighted by Gasteiger charge is -1.96. The fourth-order valence-electron chi connectivity index (χ4n) is 1.08. The van der Waals surface area contributed by atoms with Gasteiger partial charge in [0.25, 0.3) is 5.56 Å². The molecule has 68 valence electrons. The molecule has 2 aromatic heterocycles. The van der Waals surface area contributed by atoms with E-state index in [-0.39, 0.29) is 0 Å². The maximum Gasteiger partial charge on any atom is 0.331 e. The maximum atomic E-state index is 12.2. The van der Waals surface area contributed by atoms with E-state index in [2.05, 4.69) is 4.98 Å². The topological polar surface area (TPSA) is 54.9 Å². The van der Waals surface area contributed by atoms with Crippen molar-refractivity contribution in [2.45, 2.75) is 6.80 Å². The molecule has 0 bridgehead atoms. The van der Waals surface area contributed by atoms with E-state index in [1.807, 2.05) is 0 Å².